The van der Waals surface area contributed by atoms with Crippen LogP contribution in [-0.4, -0.2) is 14.9 Å². The van der Waals surface area contributed by atoms with E-state index in [1.165, 1.54) is 12.1 Å². The summed E-state index contributed by atoms with van der Waals surface area (Å²) in [6.07, 6.45) is 0. The van der Waals surface area contributed by atoms with Gasteiger partial charge in [-0.15, -0.1) is 0 Å². The zero-order valence-electron chi connectivity index (χ0n) is 10.1. The van der Waals surface area contributed by atoms with Gasteiger partial charge in [0.1, 0.15) is 11.6 Å². The maximum absolute atomic E-state index is 13.0. The smallest absolute Gasteiger partial charge is 0.323 e. The number of nitrogens with zero attached hydrogens (tertiary/aromatic N) is 1. The van der Waals surface area contributed by atoms with Crippen molar-refractivity contribution in [2.45, 2.75) is 25.3 Å². The first-order chi connectivity index (χ1) is 8.38. The molecule has 0 fully saturated rings. The number of benzene rings is 1. The number of aromatic nitrogens is 2. The number of nitrogens with one attached hydrogen (secondary N) is 1. The lowest BCUT2D eigenvalue weighted by Crippen LogP contribution is -2.40. The van der Waals surface area contributed by atoms with Crippen LogP contribution in [0.4, 0.5) is 4.39 Å². The van der Waals surface area contributed by atoms with Crippen molar-refractivity contribution in [3.05, 3.63) is 51.1 Å². The Kier molecular flexibility index (Phi) is 3.32. The van der Waals surface area contributed by atoms with Gasteiger partial charge in [0.05, 0.1) is 5.92 Å². The van der Waals surface area contributed by atoms with Gasteiger partial charge < -0.3 is 5.73 Å². The van der Waals surface area contributed by atoms with Crippen molar-refractivity contribution in [1.29, 1.82) is 0 Å². The summed E-state index contributed by atoms with van der Waals surface area (Å²) >= 11 is 0.856. The maximum Gasteiger partial charge on any atom is 0.323 e. The Balaban J connectivity index is 2.50. The number of hydrogen-bond donors (Lipinski definition) is 2. The lowest BCUT2D eigenvalue weighted by molar-refractivity contribution is 0.443. The molecule has 0 radical (unpaired) electrons. The van der Waals surface area contributed by atoms with Gasteiger partial charge in [-0.3, -0.25) is 9.78 Å². The molecule has 0 saturated heterocycles. The molecule has 1 aromatic carbocycles. The molecule has 0 bridgehead atoms. The van der Waals surface area contributed by atoms with Crippen molar-refractivity contribution >= 4 is 11.5 Å². The van der Waals surface area contributed by atoms with Gasteiger partial charge in [0.2, 0.25) is 0 Å². The van der Waals surface area contributed by atoms with Crippen LogP contribution in [-0.2, 0) is 0 Å². The highest BCUT2D eigenvalue weighted by molar-refractivity contribution is 7.02. The molecular weight excluding hydrogens is 253 g/mol. The SMILES string of the molecule is CC(C)(N)C(c1ccc(F)cc1)c1nsc(=O)[nH]1. The minimum atomic E-state index is -0.616. The highest BCUT2D eigenvalue weighted by Gasteiger charge is 2.31. The molecule has 6 heteroatoms. The highest BCUT2D eigenvalue weighted by Crippen LogP contribution is 2.31. The third-order valence-corrected chi connectivity index (χ3v) is 3.23. The normalized spacial score (nSPS) is 13.6. The monoisotopic (exact) mass is 267 g/mol. The molecule has 3 N–H and O–H groups in total. The third kappa shape index (κ3) is 2.65. The fourth-order valence-electron chi connectivity index (χ4n) is 1.96. The van der Waals surface area contributed by atoms with Crippen LogP contribution < -0.4 is 10.6 Å². The molecule has 0 aliphatic rings. The molecule has 0 aliphatic heterocycles. The molecule has 18 heavy (non-hydrogen) atoms. The summed E-state index contributed by atoms with van der Waals surface area (Å²) in [5.41, 5.74) is 6.35. The first-order valence-electron chi connectivity index (χ1n) is 5.48. The van der Waals surface area contributed by atoms with E-state index in [-0.39, 0.29) is 16.6 Å². The summed E-state index contributed by atoms with van der Waals surface area (Å²) < 4.78 is 17.0. The van der Waals surface area contributed by atoms with E-state index in [4.69, 9.17) is 5.73 Å². The van der Waals surface area contributed by atoms with E-state index < -0.39 is 5.54 Å². The molecule has 1 atom stereocenters. The average Bonchev–Trinajstić information content (AvgIpc) is 2.66. The van der Waals surface area contributed by atoms with E-state index in [1.54, 1.807) is 12.1 Å². The summed E-state index contributed by atoms with van der Waals surface area (Å²) in [7, 11) is 0. The maximum atomic E-state index is 13.0. The quantitative estimate of drug-likeness (QED) is 0.891. The van der Waals surface area contributed by atoms with Gasteiger partial charge in [0.25, 0.3) is 0 Å². The van der Waals surface area contributed by atoms with E-state index in [9.17, 15) is 9.18 Å². The van der Waals surface area contributed by atoms with Crippen LogP contribution >= 0.6 is 11.5 Å². The van der Waals surface area contributed by atoms with Crippen molar-refractivity contribution in [1.82, 2.24) is 9.36 Å². The Morgan fingerprint density at radius 1 is 1.39 bits per heavy atom. The minimum Gasteiger partial charge on any atom is -0.325 e. The molecule has 1 aromatic heterocycles. The first-order valence-corrected chi connectivity index (χ1v) is 6.25. The van der Waals surface area contributed by atoms with E-state index in [0.29, 0.717) is 5.82 Å². The van der Waals surface area contributed by atoms with Crippen LogP contribution in [0.2, 0.25) is 0 Å². The van der Waals surface area contributed by atoms with E-state index in [1.807, 2.05) is 13.8 Å². The molecule has 2 aromatic rings. The van der Waals surface area contributed by atoms with E-state index in [2.05, 4.69) is 9.36 Å². The van der Waals surface area contributed by atoms with Gasteiger partial charge >= 0.3 is 4.87 Å². The molecule has 2 rings (SSSR count). The molecule has 96 valence electrons. The number of H-pyrrole nitrogens is 1. The van der Waals surface area contributed by atoms with Crippen LogP contribution in [0.15, 0.2) is 29.1 Å². The summed E-state index contributed by atoms with van der Waals surface area (Å²) in [4.78, 5) is 13.7. The fourth-order valence-corrected chi connectivity index (χ4v) is 2.44. The van der Waals surface area contributed by atoms with Crippen LogP contribution in [0, 0.1) is 5.82 Å². The molecule has 4 nitrogen and oxygen atoms in total. The number of aromatic amines is 1. The number of rotatable bonds is 3. The summed E-state index contributed by atoms with van der Waals surface area (Å²) in [5, 5.41) is 0. The van der Waals surface area contributed by atoms with Crippen molar-refractivity contribution in [3.8, 4) is 0 Å². The van der Waals surface area contributed by atoms with Crippen LogP contribution in [0.3, 0.4) is 0 Å². The van der Waals surface area contributed by atoms with Crippen LogP contribution in [0.25, 0.3) is 0 Å². The fraction of sp³-hybridized carbons (Fsp3) is 0.333. The van der Waals surface area contributed by atoms with Crippen LogP contribution in [0.1, 0.15) is 31.2 Å². The molecule has 0 saturated carbocycles. The number of halogens is 1. The molecule has 0 amide bonds. The molecule has 0 spiro atoms. The average molecular weight is 267 g/mol. The summed E-state index contributed by atoms with van der Waals surface area (Å²) in [6.45, 7) is 3.69. The van der Waals surface area contributed by atoms with Gasteiger partial charge in [0, 0.05) is 17.1 Å². The third-order valence-electron chi connectivity index (χ3n) is 2.68. The Bertz CT molecular complexity index is 582. The van der Waals surface area contributed by atoms with E-state index in [0.717, 1.165) is 17.1 Å². The molecule has 0 aliphatic carbocycles. The van der Waals surface area contributed by atoms with Crippen molar-refractivity contribution < 1.29 is 4.39 Å². The Labute approximate surface area is 108 Å². The summed E-state index contributed by atoms with van der Waals surface area (Å²) in [5.74, 6) is -0.0692. The van der Waals surface area contributed by atoms with Gasteiger partial charge in [-0.05, 0) is 31.5 Å². The van der Waals surface area contributed by atoms with E-state index >= 15 is 0 Å². The van der Waals surface area contributed by atoms with Crippen LogP contribution in [0.5, 0.6) is 0 Å². The molecule has 1 heterocycles. The zero-order valence-corrected chi connectivity index (χ0v) is 10.9. The Hall–Kier alpha value is -1.53. The minimum absolute atomic E-state index is 0.221. The van der Waals surface area contributed by atoms with Gasteiger partial charge in [-0.25, -0.2) is 4.39 Å². The van der Waals surface area contributed by atoms with Gasteiger partial charge in [-0.2, -0.15) is 4.37 Å². The number of nitrogens with two attached hydrogens (primary N) is 1. The van der Waals surface area contributed by atoms with Gasteiger partial charge in [-0.1, -0.05) is 12.1 Å². The number of hydrogen-bond acceptors (Lipinski definition) is 4. The predicted molar refractivity (Wildman–Crippen MR) is 69.2 cm³/mol. The highest BCUT2D eigenvalue weighted by atomic mass is 32.1. The predicted octanol–water partition coefficient (Wildman–Crippen LogP) is 1.84. The van der Waals surface area contributed by atoms with Crippen molar-refractivity contribution in [3.63, 3.8) is 0 Å². The standard InChI is InChI=1S/C12H14FN3OS/c1-12(2,14)9(10-15-11(17)18-16-10)7-3-5-8(13)6-4-7/h3-6,9H,14H2,1-2H3,(H,15,16,17). The lowest BCUT2D eigenvalue weighted by atomic mass is 9.82. The second-order valence-corrected chi connectivity index (χ2v) is 5.52. The topological polar surface area (TPSA) is 71.8 Å². The largest absolute Gasteiger partial charge is 0.325 e. The molecular formula is C12H14FN3OS. The summed E-state index contributed by atoms with van der Waals surface area (Å²) in [6, 6.07) is 6.07. The Morgan fingerprint density at radius 3 is 2.44 bits per heavy atom. The first kappa shape index (κ1) is 12.9. The molecule has 1 unspecified atom stereocenters. The second kappa shape index (κ2) is 4.62. The van der Waals surface area contributed by atoms with Crippen molar-refractivity contribution in [2.75, 3.05) is 0 Å². The Morgan fingerprint density at radius 2 is 2.00 bits per heavy atom. The second-order valence-electron chi connectivity index (χ2n) is 4.79. The van der Waals surface area contributed by atoms with Crippen molar-refractivity contribution in [2.24, 2.45) is 5.73 Å². The van der Waals surface area contributed by atoms with Gasteiger partial charge in [0.15, 0.2) is 0 Å². The zero-order chi connectivity index (χ0) is 13.3. The lowest BCUT2D eigenvalue weighted by Gasteiger charge is -2.29.